The molecule has 10 nitrogen and oxygen atoms in total. The van der Waals surface area contributed by atoms with Gasteiger partial charge in [-0.1, -0.05) is 26.7 Å². The normalized spacial score (nSPS) is 17.2. The lowest BCUT2D eigenvalue weighted by atomic mass is 9.93. The van der Waals surface area contributed by atoms with Gasteiger partial charge in [-0.15, -0.1) is 0 Å². The lowest BCUT2D eigenvalue weighted by Crippen LogP contribution is -2.38. The van der Waals surface area contributed by atoms with Gasteiger partial charge < -0.3 is 20.2 Å². The molecule has 0 amide bonds. The Bertz CT molecular complexity index is 432. The molecule has 0 heterocycles. The van der Waals surface area contributed by atoms with E-state index in [1.54, 1.807) is 0 Å². The number of unbranched alkanes of at least 4 members (excludes halogenated alkanes) is 2. The molecular weight excluding hydrogens is 378 g/mol. The van der Waals surface area contributed by atoms with Gasteiger partial charge in [0.15, 0.2) is 0 Å². The number of aliphatic hydroxyl groups excluding tert-OH is 3. The van der Waals surface area contributed by atoms with E-state index >= 15 is 0 Å². The van der Waals surface area contributed by atoms with Gasteiger partial charge in [0.1, 0.15) is 0 Å². The van der Waals surface area contributed by atoms with Crippen LogP contribution in [-0.4, -0.2) is 59.9 Å². The van der Waals surface area contributed by atoms with Gasteiger partial charge in [0, 0.05) is 0 Å². The molecule has 0 aromatic heterocycles. The van der Waals surface area contributed by atoms with Crippen molar-refractivity contribution in [2.24, 2.45) is 5.41 Å². The van der Waals surface area contributed by atoms with Gasteiger partial charge in [-0.25, -0.2) is 9.13 Å². The zero-order valence-electron chi connectivity index (χ0n) is 14.7. The third-order valence-corrected chi connectivity index (χ3v) is 6.32. The predicted octanol–water partition coefficient (Wildman–Crippen LogP) is 1.82. The first kappa shape index (κ1) is 25.1. The van der Waals surface area contributed by atoms with Crippen LogP contribution < -0.4 is 0 Å². The van der Waals surface area contributed by atoms with Crippen LogP contribution in [0.5, 0.6) is 0 Å². The summed E-state index contributed by atoms with van der Waals surface area (Å²) in [6.45, 7) is 0.951. The fraction of sp³-hybridized carbons (Fsp3) is 1.00. The lowest BCUT2D eigenvalue weighted by Gasteiger charge is -2.29. The third-order valence-electron chi connectivity index (χ3n) is 3.24. The summed E-state index contributed by atoms with van der Waals surface area (Å²) >= 11 is 0. The van der Waals surface area contributed by atoms with Crippen molar-refractivity contribution in [1.29, 1.82) is 0 Å². The second kappa shape index (κ2) is 12.5. The molecule has 0 aliphatic rings. The Morgan fingerprint density at radius 3 is 1.76 bits per heavy atom. The van der Waals surface area contributed by atoms with Crippen LogP contribution >= 0.6 is 15.6 Å². The minimum Gasteiger partial charge on any atom is -0.396 e. The van der Waals surface area contributed by atoms with Crippen molar-refractivity contribution in [2.75, 3.05) is 39.6 Å². The summed E-state index contributed by atoms with van der Waals surface area (Å²) in [6.07, 6.45) is 2.41. The Morgan fingerprint density at radius 1 is 0.840 bits per heavy atom. The molecule has 0 aliphatic carbocycles. The first-order valence-corrected chi connectivity index (χ1v) is 11.1. The quantitative estimate of drug-likeness (QED) is 0.220. The standard InChI is InChI=1S/C13H30O10P2/c1-3-5-7-20-24(17,18)23-25(19,21-8-6-4-2)22-12-13(9-14,10-15)11-16/h14-16H,3-12H2,1-2H3,(H,17,18). The Labute approximate surface area is 148 Å². The van der Waals surface area contributed by atoms with Gasteiger partial charge in [-0.05, 0) is 12.8 Å². The van der Waals surface area contributed by atoms with E-state index in [9.17, 15) is 29.3 Å². The van der Waals surface area contributed by atoms with Crippen molar-refractivity contribution in [3.05, 3.63) is 0 Å². The van der Waals surface area contributed by atoms with Crippen molar-refractivity contribution < 1.29 is 47.2 Å². The van der Waals surface area contributed by atoms with Crippen molar-refractivity contribution >= 4 is 15.6 Å². The second-order valence-electron chi connectivity index (χ2n) is 5.62. The van der Waals surface area contributed by atoms with Crippen molar-refractivity contribution in [3.8, 4) is 0 Å². The largest absolute Gasteiger partial charge is 0.483 e. The fourth-order valence-corrected chi connectivity index (χ4v) is 4.18. The van der Waals surface area contributed by atoms with E-state index in [-0.39, 0.29) is 13.2 Å². The maximum atomic E-state index is 12.6. The molecule has 0 spiro atoms. The number of rotatable bonds is 16. The van der Waals surface area contributed by atoms with Gasteiger partial charge >= 0.3 is 15.6 Å². The molecule has 0 aliphatic heterocycles. The molecule has 4 N–H and O–H groups in total. The van der Waals surface area contributed by atoms with Crippen LogP contribution in [0.2, 0.25) is 0 Å². The fourth-order valence-electron chi connectivity index (χ4n) is 1.38. The highest BCUT2D eigenvalue weighted by molar-refractivity contribution is 7.61. The molecule has 0 bridgehead atoms. The van der Waals surface area contributed by atoms with Crippen molar-refractivity contribution in [1.82, 2.24) is 0 Å². The van der Waals surface area contributed by atoms with Crippen LogP contribution in [-0.2, 0) is 27.0 Å². The SMILES string of the molecule is CCCCOP(=O)(O)OP(=O)(OCCCC)OCC(CO)(CO)CO. The number of hydrogen-bond acceptors (Lipinski definition) is 9. The summed E-state index contributed by atoms with van der Waals surface area (Å²) in [4.78, 5) is 9.66. The highest BCUT2D eigenvalue weighted by Crippen LogP contribution is 2.63. The number of aliphatic hydroxyl groups is 3. The molecule has 0 aromatic rings. The van der Waals surface area contributed by atoms with E-state index in [0.717, 1.165) is 0 Å². The van der Waals surface area contributed by atoms with E-state index in [4.69, 9.17) is 13.6 Å². The summed E-state index contributed by atoms with van der Waals surface area (Å²) in [6, 6.07) is 0. The minimum atomic E-state index is -4.70. The maximum absolute atomic E-state index is 12.6. The zero-order valence-corrected chi connectivity index (χ0v) is 16.5. The molecule has 25 heavy (non-hydrogen) atoms. The molecule has 12 heteroatoms. The summed E-state index contributed by atoms with van der Waals surface area (Å²) in [5.41, 5.74) is -1.50. The van der Waals surface area contributed by atoms with Gasteiger partial charge in [-0.2, -0.15) is 4.31 Å². The Balaban J connectivity index is 5.04. The molecule has 0 saturated carbocycles. The Hall–Kier alpha value is 0.140. The highest BCUT2D eigenvalue weighted by Gasteiger charge is 2.41. The molecule has 152 valence electrons. The smallest absolute Gasteiger partial charge is 0.396 e. The van der Waals surface area contributed by atoms with E-state index in [2.05, 4.69) is 4.31 Å². The molecule has 0 radical (unpaired) electrons. The third kappa shape index (κ3) is 10.2. The van der Waals surface area contributed by atoms with Crippen LogP contribution in [0, 0.1) is 5.41 Å². The second-order valence-corrected chi connectivity index (χ2v) is 8.88. The predicted molar refractivity (Wildman–Crippen MR) is 89.9 cm³/mol. The summed E-state index contributed by atoms with van der Waals surface area (Å²) in [5.74, 6) is 0. The Morgan fingerprint density at radius 2 is 1.32 bits per heavy atom. The van der Waals surface area contributed by atoms with Crippen LogP contribution in [0.1, 0.15) is 39.5 Å². The molecular formula is C13H30O10P2. The average Bonchev–Trinajstić information content (AvgIpc) is 2.56. The van der Waals surface area contributed by atoms with E-state index in [1.807, 2.05) is 13.8 Å². The van der Waals surface area contributed by atoms with Crippen LogP contribution in [0.4, 0.5) is 0 Å². The molecule has 0 rings (SSSR count). The average molecular weight is 408 g/mol. The van der Waals surface area contributed by atoms with Gasteiger partial charge in [0.25, 0.3) is 0 Å². The molecule has 0 aromatic carbocycles. The molecule has 0 saturated heterocycles. The maximum Gasteiger partial charge on any atom is 0.483 e. The summed E-state index contributed by atoms with van der Waals surface area (Å²) in [7, 11) is -9.23. The highest BCUT2D eigenvalue weighted by atomic mass is 31.3. The van der Waals surface area contributed by atoms with Gasteiger partial charge in [-0.3, -0.25) is 13.6 Å². The van der Waals surface area contributed by atoms with E-state index < -0.39 is 47.5 Å². The molecule has 0 fully saturated rings. The van der Waals surface area contributed by atoms with Crippen LogP contribution in [0.15, 0.2) is 0 Å². The number of hydrogen-bond donors (Lipinski definition) is 4. The minimum absolute atomic E-state index is 0.0624. The molecule has 2 atom stereocenters. The van der Waals surface area contributed by atoms with E-state index in [0.29, 0.717) is 25.7 Å². The van der Waals surface area contributed by atoms with Gasteiger partial charge in [0.2, 0.25) is 0 Å². The summed E-state index contributed by atoms with van der Waals surface area (Å²) in [5, 5.41) is 27.8. The topological polar surface area (TPSA) is 152 Å². The van der Waals surface area contributed by atoms with Crippen molar-refractivity contribution in [3.63, 3.8) is 0 Å². The lowest BCUT2D eigenvalue weighted by molar-refractivity contribution is -0.0340. The van der Waals surface area contributed by atoms with Gasteiger partial charge in [0.05, 0.1) is 45.1 Å². The van der Waals surface area contributed by atoms with E-state index in [1.165, 1.54) is 0 Å². The zero-order chi connectivity index (χ0) is 19.4. The van der Waals surface area contributed by atoms with Crippen LogP contribution in [0.3, 0.4) is 0 Å². The number of phosphoric ester groups is 2. The van der Waals surface area contributed by atoms with Crippen molar-refractivity contribution in [2.45, 2.75) is 39.5 Å². The van der Waals surface area contributed by atoms with Crippen LogP contribution in [0.25, 0.3) is 0 Å². The first-order valence-electron chi connectivity index (χ1n) is 8.12. The molecule has 2 unspecified atom stereocenters. The summed E-state index contributed by atoms with van der Waals surface area (Å²) < 4.78 is 43.8. The Kier molecular flexibility index (Phi) is 12.6. The number of phosphoric acid groups is 2. The monoisotopic (exact) mass is 408 g/mol. The first-order chi connectivity index (χ1) is 11.7.